The summed E-state index contributed by atoms with van der Waals surface area (Å²) in [6, 6.07) is 0.620. The van der Waals surface area contributed by atoms with E-state index >= 15 is 0 Å². The van der Waals surface area contributed by atoms with E-state index < -0.39 is 0 Å². The number of rotatable bonds is 2. The number of nitrogens with zero attached hydrogens (tertiary/aromatic N) is 2. The molecule has 1 unspecified atom stereocenters. The van der Waals surface area contributed by atoms with Gasteiger partial charge >= 0.3 is 0 Å². The number of fused-ring (bicyclic) bond motifs is 1. The van der Waals surface area contributed by atoms with Gasteiger partial charge in [0, 0.05) is 44.6 Å². The maximum Gasteiger partial charge on any atom is 0.223 e. The van der Waals surface area contributed by atoms with Crippen molar-refractivity contribution in [3.8, 4) is 0 Å². The number of piperazine rings is 1. The van der Waals surface area contributed by atoms with E-state index in [1.807, 2.05) is 9.80 Å². The van der Waals surface area contributed by atoms with E-state index in [-0.39, 0.29) is 17.9 Å². The molecule has 0 bridgehead atoms. The Morgan fingerprint density at radius 1 is 1.15 bits per heavy atom. The van der Waals surface area contributed by atoms with Gasteiger partial charge in [-0.25, -0.2) is 0 Å². The molecule has 5 heteroatoms. The fourth-order valence-corrected chi connectivity index (χ4v) is 3.86. The number of amides is 2. The van der Waals surface area contributed by atoms with Crippen LogP contribution in [0.1, 0.15) is 44.9 Å². The molecule has 3 fully saturated rings. The second-order valence-electron chi connectivity index (χ2n) is 6.60. The highest BCUT2D eigenvalue weighted by Crippen LogP contribution is 2.28. The highest BCUT2D eigenvalue weighted by atomic mass is 16.2. The smallest absolute Gasteiger partial charge is 0.223 e. The van der Waals surface area contributed by atoms with Crippen molar-refractivity contribution >= 4 is 11.8 Å². The molecule has 2 aliphatic heterocycles. The Hall–Kier alpha value is -1.10. The summed E-state index contributed by atoms with van der Waals surface area (Å²) < 4.78 is 0. The summed E-state index contributed by atoms with van der Waals surface area (Å²) >= 11 is 0. The van der Waals surface area contributed by atoms with Crippen molar-refractivity contribution in [1.29, 1.82) is 0 Å². The van der Waals surface area contributed by atoms with E-state index in [0.717, 1.165) is 45.2 Å². The van der Waals surface area contributed by atoms with Gasteiger partial charge in [-0.05, 0) is 38.0 Å². The molecule has 2 amide bonds. The summed E-state index contributed by atoms with van der Waals surface area (Å²) in [6.07, 6.45) is 6.55. The maximum absolute atomic E-state index is 12.4. The van der Waals surface area contributed by atoms with E-state index in [1.165, 1.54) is 0 Å². The Morgan fingerprint density at radius 2 is 1.90 bits per heavy atom. The normalized spacial score (nSPS) is 34.2. The van der Waals surface area contributed by atoms with Crippen molar-refractivity contribution in [2.45, 2.75) is 57.0 Å². The first-order chi connectivity index (χ1) is 9.63. The van der Waals surface area contributed by atoms with E-state index in [4.69, 9.17) is 5.73 Å². The SMILES string of the molecule is NC1CCC(CC(=O)N2CCN3C(=O)CCC3C2)CC1. The first kappa shape index (κ1) is 13.9. The van der Waals surface area contributed by atoms with E-state index in [0.29, 0.717) is 31.3 Å². The van der Waals surface area contributed by atoms with Crippen LogP contribution in [-0.2, 0) is 9.59 Å². The monoisotopic (exact) mass is 279 g/mol. The van der Waals surface area contributed by atoms with Gasteiger partial charge in [0.25, 0.3) is 0 Å². The van der Waals surface area contributed by atoms with Gasteiger partial charge in [-0.15, -0.1) is 0 Å². The van der Waals surface area contributed by atoms with Gasteiger partial charge in [0.1, 0.15) is 0 Å². The van der Waals surface area contributed by atoms with Gasteiger partial charge in [-0.1, -0.05) is 0 Å². The summed E-state index contributed by atoms with van der Waals surface area (Å²) in [7, 11) is 0. The summed E-state index contributed by atoms with van der Waals surface area (Å²) in [5, 5.41) is 0. The lowest BCUT2D eigenvalue weighted by molar-refractivity contribution is -0.139. The van der Waals surface area contributed by atoms with Crippen LogP contribution in [0.5, 0.6) is 0 Å². The molecule has 3 aliphatic rings. The molecular weight excluding hydrogens is 254 g/mol. The second kappa shape index (κ2) is 5.72. The average Bonchev–Trinajstić information content (AvgIpc) is 2.82. The zero-order chi connectivity index (χ0) is 14.1. The molecule has 0 aromatic carbocycles. The lowest BCUT2D eigenvalue weighted by atomic mass is 9.84. The Kier molecular flexibility index (Phi) is 3.96. The topological polar surface area (TPSA) is 66.6 Å². The maximum atomic E-state index is 12.4. The fourth-order valence-electron chi connectivity index (χ4n) is 3.86. The predicted molar refractivity (Wildman–Crippen MR) is 75.9 cm³/mol. The molecule has 1 aliphatic carbocycles. The third-order valence-electron chi connectivity index (χ3n) is 5.20. The molecule has 0 aromatic rings. The van der Waals surface area contributed by atoms with Crippen LogP contribution in [0.4, 0.5) is 0 Å². The average molecular weight is 279 g/mol. The first-order valence-electron chi connectivity index (χ1n) is 7.96. The Labute approximate surface area is 120 Å². The van der Waals surface area contributed by atoms with Crippen molar-refractivity contribution < 1.29 is 9.59 Å². The first-order valence-corrected chi connectivity index (χ1v) is 7.96. The van der Waals surface area contributed by atoms with Crippen LogP contribution < -0.4 is 5.73 Å². The number of carbonyl (C=O) groups excluding carboxylic acids is 2. The molecule has 2 N–H and O–H groups in total. The Bertz CT molecular complexity index is 391. The fraction of sp³-hybridized carbons (Fsp3) is 0.867. The van der Waals surface area contributed by atoms with Crippen LogP contribution >= 0.6 is 0 Å². The highest BCUT2D eigenvalue weighted by Gasteiger charge is 2.37. The highest BCUT2D eigenvalue weighted by molar-refractivity contribution is 5.80. The summed E-state index contributed by atoms with van der Waals surface area (Å²) in [5.74, 6) is 1.07. The summed E-state index contributed by atoms with van der Waals surface area (Å²) in [4.78, 5) is 28.0. The van der Waals surface area contributed by atoms with Gasteiger partial charge in [0.05, 0.1) is 0 Å². The Balaban J connectivity index is 1.50. The second-order valence-corrected chi connectivity index (χ2v) is 6.60. The number of carbonyl (C=O) groups is 2. The molecule has 112 valence electrons. The minimum absolute atomic E-state index is 0.267. The standard InChI is InChI=1S/C15H25N3O2/c16-12-3-1-11(2-4-12)9-15(20)17-7-8-18-13(10-17)5-6-14(18)19/h11-13H,1-10,16H2. The summed E-state index contributed by atoms with van der Waals surface area (Å²) in [5.41, 5.74) is 5.91. The molecule has 5 nitrogen and oxygen atoms in total. The third kappa shape index (κ3) is 2.82. The number of hydrogen-bond acceptors (Lipinski definition) is 3. The van der Waals surface area contributed by atoms with Gasteiger partial charge < -0.3 is 15.5 Å². The van der Waals surface area contributed by atoms with E-state index in [1.54, 1.807) is 0 Å². The van der Waals surface area contributed by atoms with Gasteiger partial charge in [0.15, 0.2) is 0 Å². The lowest BCUT2D eigenvalue weighted by Gasteiger charge is -2.38. The lowest BCUT2D eigenvalue weighted by Crippen LogP contribution is -2.53. The predicted octanol–water partition coefficient (Wildman–Crippen LogP) is 0.727. The van der Waals surface area contributed by atoms with Crippen LogP contribution in [0, 0.1) is 5.92 Å². The van der Waals surface area contributed by atoms with Crippen LogP contribution in [0.25, 0.3) is 0 Å². The minimum atomic E-state index is 0.267. The van der Waals surface area contributed by atoms with E-state index in [2.05, 4.69) is 0 Å². The molecule has 0 aromatic heterocycles. The van der Waals surface area contributed by atoms with Crippen molar-refractivity contribution in [3.63, 3.8) is 0 Å². The van der Waals surface area contributed by atoms with E-state index in [9.17, 15) is 9.59 Å². The van der Waals surface area contributed by atoms with Crippen molar-refractivity contribution in [1.82, 2.24) is 9.80 Å². The third-order valence-corrected chi connectivity index (χ3v) is 5.20. The Morgan fingerprint density at radius 3 is 2.65 bits per heavy atom. The number of nitrogens with two attached hydrogens (primary N) is 1. The van der Waals surface area contributed by atoms with Gasteiger partial charge in [-0.2, -0.15) is 0 Å². The molecule has 2 saturated heterocycles. The molecule has 0 radical (unpaired) electrons. The van der Waals surface area contributed by atoms with Gasteiger partial charge in [-0.3, -0.25) is 9.59 Å². The van der Waals surface area contributed by atoms with Crippen LogP contribution in [0.3, 0.4) is 0 Å². The molecule has 1 atom stereocenters. The molecule has 2 heterocycles. The van der Waals surface area contributed by atoms with Crippen molar-refractivity contribution in [2.24, 2.45) is 11.7 Å². The molecule has 0 spiro atoms. The van der Waals surface area contributed by atoms with Crippen LogP contribution in [-0.4, -0.2) is 53.3 Å². The zero-order valence-corrected chi connectivity index (χ0v) is 12.1. The molecule has 20 heavy (non-hydrogen) atoms. The van der Waals surface area contributed by atoms with Crippen LogP contribution in [0.2, 0.25) is 0 Å². The quantitative estimate of drug-likeness (QED) is 0.810. The van der Waals surface area contributed by atoms with Crippen molar-refractivity contribution in [2.75, 3.05) is 19.6 Å². The number of hydrogen-bond donors (Lipinski definition) is 1. The summed E-state index contributed by atoms with van der Waals surface area (Å²) in [6.45, 7) is 2.19. The van der Waals surface area contributed by atoms with Gasteiger partial charge in [0.2, 0.25) is 11.8 Å². The van der Waals surface area contributed by atoms with Crippen LogP contribution in [0.15, 0.2) is 0 Å². The molecule has 3 rings (SSSR count). The molecular formula is C15H25N3O2. The largest absolute Gasteiger partial charge is 0.339 e. The van der Waals surface area contributed by atoms with Crippen molar-refractivity contribution in [3.05, 3.63) is 0 Å². The minimum Gasteiger partial charge on any atom is -0.339 e. The molecule has 1 saturated carbocycles. The zero-order valence-electron chi connectivity index (χ0n) is 12.1.